The monoisotopic (exact) mass is 287 g/mol. The van der Waals surface area contributed by atoms with E-state index in [0.29, 0.717) is 18.7 Å². The molecule has 1 fully saturated rings. The van der Waals surface area contributed by atoms with Crippen molar-refractivity contribution >= 4 is 0 Å². The van der Waals surface area contributed by atoms with Crippen molar-refractivity contribution in [3.63, 3.8) is 0 Å². The van der Waals surface area contributed by atoms with Gasteiger partial charge in [-0.05, 0) is 31.0 Å². The lowest BCUT2D eigenvalue weighted by Crippen LogP contribution is -2.41. The zero-order valence-corrected chi connectivity index (χ0v) is 11.6. The Bertz CT molecular complexity index is 431. The van der Waals surface area contributed by atoms with Gasteiger partial charge in [-0.2, -0.15) is 13.2 Å². The lowest BCUT2D eigenvalue weighted by Gasteiger charge is -2.35. The lowest BCUT2D eigenvalue weighted by atomic mass is 10.00. The van der Waals surface area contributed by atoms with Gasteiger partial charge in [0.2, 0.25) is 0 Å². The topological polar surface area (TPSA) is 12.5 Å². The Morgan fingerprint density at radius 2 is 2.00 bits per heavy atom. The van der Waals surface area contributed by atoms with Gasteiger partial charge in [0.25, 0.3) is 0 Å². The van der Waals surface area contributed by atoms with Crippen LogP contribution in [0, 0.1) is 0 Å². The predicted molar refractivity (Wildman–Crippen MR) is 71.4 cm³/mol. The molecule has 1 aromatic carbocycles. The van der Waals surface area contributed by atoms with Crippen molar-refractivity contribution < 1.29 is 17.9 Å². The van der Waals surface area contributed by atoms with Crippen molar-refractivity contribution in [2.75, 3.05) is 20.3 Å². The second-order valence-electron chi connectivity index (χ2n) is 5.23. The average molecular weight is 287 g/mol. The molecule has 0 N–H and O–H groups in total. The van der Waals surface area contributed by atoms with Crippen molar-refractivity contribution in [1.82, 2.24) is 4.90 Å². The number of piperidine rings is 1. The van der Waals surface area contributed by atoms with E-state index in [1.54, 1.807) is 19.2 Å². The van der Waals surface area contributed by atoms with Gasteiger partial charge in [-0.3, -0.25) is 4.90 Å². The zero-order valence-electron chi connectivity index (χ0n) is 11.6. The molecule has 0 spiro atoms. The molecular weight excluding hydrogens is 267 g/mol. The number of methoxy groups -OCH3 is 1. The fourth-order valence-electron chi connectivity index (χ4n) is 2.80. The quantitative estimate of drug-likeness (QED) is 0.837. The number of nitrogens with zero attached hydrogens (tertiary/aromatic N) is 1. The van der Waals surface area contributed by atoms with E-state index < -0.39 is 11.7 Å². The molecule has 0 saturated carbocycles. The van der Waals surface area contributed by atoms with Crippen LogP contribution in [0.1, 0.15) is 30.4 Å². The fourth-order valence-corrected chi connectivity index (χ4v) is 2.80. The molecule has 0 amide bonds. The van der Waals surface area contributed by atoms with Crippen LogP contribution >= 0.6 is 0 Å². The van der Waals surface area contributed by atoms with Gasteiger partial charge in [-0.25, -0.2) is 0 Å². The van der Waals surface area contributed by atoms with E-state index in [-0.39, 0.29) is 6.04 Å². The van der Waals surface area contributed by atoms with E-state index in [9.17, 15) is 13.2 Å². The van der Waals surface area contributed by atoms with Crippen LogP contribution in [-0.2, 0) is 17.5 Å². The van der Waals surface area contributed by atoms with E-state index in [2.05, 4.69) is 4.90 Å². The minimum absolute atomic E-state index is 0.218. The van der Waals surface area contributed by atoms with Crippen molar-refractivity contribution in [3.05, 3.63) is 35.4 Å². The molecule has 20 heavy (non-hydrogen) atoms. The van der Waals surface area contributed by atoms with E-state index >= 15 is 0 Å². The first-order valence-electron chi connectivity index (χ1n) is 6.90. The highest BCUT2D eigenvalue weighted by atomic mass is 19.4. The second-order valence-corrected chi connectivity index (χ2v) is 5.23. The number of likely N-dealkylation sites (tertiary alicyclic amines) is 1. The Hall–Kier alpha value is -1.07. The number of benzene rings is 1. The molecule has 5 heteroatoms. The van der Waals surface area contributed by atoms with E-state index in [1.807, 2.05) is 0 Å². The van der Waals surface area contributed by atoms with Crippen molar-refractivity contribution in [3.8, 4) is 0 Å². The van der Waals surface area contributed by atoms with Gasteiger partial charge in [-0.1, -0.05) is 24.6 Å². The molecule has 112 valence electrons. The second kappa shape index (κ2) is 6.59. The van der Waals surface area contributed by atoms with Crippen molar-refractivity contribution in [1.29, 1.82) is 0 Å². The normalized spacial score (nSPS) is 21.1. The molecule has 2 nitrogen and oxygen atoms in total. The summed E-state index contributed by atoms with van der Waals surface area (Å²) in [5.41, 5.74) is -0.176. The van der Waals surface area contributed by atoms with Gasteiger partial charge in [0, 0.05) is 19.7 Å². The van der Waals surface area contributed by atoms with Gasteiger partial charge < -0.3 is 4.74 Å². The maximum Gasteiger partial charge on any atom is 0.416 e. The molecule has 1 unspecified atom stereocenters. The maximum absolute atomic E-state index is 13.0. The zero-order chi connectivity index (χ0) is 14.6. The summed E-state index contributed by atoms with van der Waals surface area (Å²) in [6, 6.07) is 6.05. The summed E-state index contributed by atoms with van der Waals surface area (Å²) in [4.78, 5) is 2.11. The summed E-state index contributed by atoms with van der Waals surface area (Å²) in [7, 11) is 1.64. The first-order valence-corrected chi connectivity index (χ1v) is 6.90. The van der Waals surface area contributed by atoms with Crippen LogP contribution in [-0.4, -0.2) is 31.2 Å². The van der Waals surface area contributed by atoms with Crippen LogP contribution in [0.2, 0.25) is 0 Å². The van der Waals surface area contributed by atoms with Crippen LogP contribution in [0.25, 0.3) is 0 Å². The third-order valence-corrected chi connectivity index (χ3v) is 3.80. The van der Waals surface area contributed by atoms with E-state index in [0.717, 1.165) is 31.9 Å². The van der Waals surface area contributed by atoms with E-state index in [4.69, 9.17) is 4.74 Å². The third-order valence-electron chi connectivity index (χ3n) is 3.80. The number of alkyl halides is 3. The van der Waals surface area contributed by atoms with Crippen molar-refractivity contribution in [2.45, 2.75) is 38.0 Å². The summed E-state index contributed by atoms with van der Waals surface area (Å²) >= 11 is 0. The first-order chi connectivity index (χ1) is 9.52. The minimum atomic E-state index is -4.29. The summed E-state index contributed by atoms with van der Waals surface area (Å²) in [5, 5.41) is 0. The van der Waals surface area contributed by atoms with Gasteiger partial charge in [-0.15, -0.1) is 0 Å². The van der Waals surface area contributed by atoms with Crippen LogP contribution in [0.5, 0.6) is 0 Å². The van der Waals surface area contributed by atoms with E-state index in [1.165, 1.54) is 6.07 Å². The Balaban J connectivity index is 2.16. The average Bonchev–Trinajstić information content (AvgIpc) is 2.41. The van der Waals surface area contributed by atoms with Crippen LogP contribution < -0.4 is 0 Å². The fraction of sp³-hybridized carbons (Fsp3) is 0.600. The van der Waals surface area contributed by atoms with Gasteiger partial charge in [0.05, 0.1) is 12.2 Å². The van der Waals surface area contributed by atoms with Crippen LogP contribution in [0.3, 0.4) is 0 Å². The molecule has 1 atom stereocenters. The van der Waals surface area contributed by atoms with Crippen LogP contribution in [0.15, 0.2) is 24.3 Å². The Kier molecular flexibility index (Phi) is 5.05. The minimum Gasteiger partial charge on any atom is -0.383 e. The van der Waals surface area contributed by atoms with Crippen molar-refractivity contribution in [2.24, 2.45) is 0 Å². The largest absolute Gasteiger partial charge is 0.416 e. The molecule has 0 aliphatic carbocycles. The Labute approximate surface area is 117 Å². The molecule has 0 aromatic heterocycles. The first kappa shape index (κ1) is 15.3. The summed E-state index contributed by atoms with van der Waals surface area (Å²) < 4.78 is 44.2. The Morgan fingerprint density at radius 1 is 1.25 bits per heavy atom. The third kappa shape index (κ3) is 3.73. The molecule has 0 bridgehead atoms. The SMILES string of the molecule is COCC1CCCCN1Cc1ccccc1C(F)(F)F. The molecule has 1 aliphatic rings. The Morgan fingerprint density at radius 3 is 2.70 bits per heavy atom. The van der Waals surface area contributed by atoms with Gasteiger partial charge in [0.1, 0.15) is 0 Å². The highest BCUT2D eigenvalue weighted by molar-refractivity contribution is 5.29. The summed E-state index contributed by atoms with van der Waals surface area (Å²) in [6.07, 6.45) is -1.15. The number of ether oxygens (including phenoxy) is 1. The molecule has 0 radical (unpaired) electrons. The van der Waals surface area contributed by atoms with Gasteiger partial charge in [0.15, 0.2) is 0 Å². The molecule has 1 aliphatic heterocycles. The highest BCUT2D eigenvalue weighted by Gasteiger charge is 2.34. The molecule has 1 heterocycles. The number of hydrogen-bond acceptors (Lipinski definition) is 2. The number of rotatable bonds is 4. The molecule has 1 aromatic rings. The number of halogens is 3. The predicted octanol–water partition coefficient (Wildman–Crippen LogP) is 3.71. The van der Waals surface area contributed by atoms with Gasteiger partial charge >= 0.3 is 6.18 Å². The lowest BCUT2D eigenvalue weighted by molar-refractivity contribution is -0.138. The summed E-state index contributed by atoms with van der Waals surface area (Å²) in [6.45, 7) is 1.75. The standard InChI is InChI=1S/C15H20F3NO/c1-20-11-13-7-4-5-9-19(13)10-12-6-2-3-8-14(12)15(16,17)18/h2-3,6,8,13H,4-5,7,9-11H2,1H3. The molecule has 1 saturated heterocycles. The smallest absolute Gasteiger partial charge is 0.383 e. The number of hydrogen-bond donors (Lipinski definition) is 0. The highest BCUT2D eigenvalue weighted by Crippen LogP contribution is 2.33. The van der Waals surface area contributed by atoms with Crippen LogP contribution in [0.4, 0.5) is 13.2 Å². The molecule has 2 rings (SSSR count). The maximum atomic E-state index is 13.0. The summed E-state index contributed by atoms with van der Waals surface area (Å²) in [5.74, 6) is 0. The molecular formula is C15H20F3NO.